The molecule has 0 saturated heterocycles. The molecular formula is C24H22Cl2N2O5S. The SMILES string of the molecule is CCOC(=O)c1cc(NC(=O)CN(c2ccc(Cl)cc2C)S(=O)(=O)c2ccccc2)ccc1Cl. The highest BCUT2D eigenvalue weighted by Crippen LogP contribution is 2.29. The zero-order valence-corrected chi connectivity index (χ0v) is 20.7. The van der Waals surface area contributed by atoms with E-state index < -0.39 is 28.4 Å². The number of nitrogens with zero attached hydrogens (tertiary/aromatic N) is 1. The molecule has 0 aliphatic heterocycles. The topological polar surface area (TPSA) is 92.8 Å². The third-order valence-corrected chi connectivity index (χ3v) is 7.13. The Kier molecular flexibility index (Phi) is 8.19. The lowest BCUT2D eigenvalue weighted by Gasteiger charge is -2.25. The van der Waals surface area contributed by atoms with Gasteiger partial charge < -0.3 is 10.1 Å². The molecule has 0 unspecified atom stereocenters. The maximum Gasteiger partial charge on any atom is 0.339 e. The number of carbonyl (C=O) groups is 2. The molecular weight excluding hydrogens is 499 g/mol. The molecule has 7 nitrogen and oxygen atoms in total. The first kappa shape index (κ1) is 25.6. The molecule has 3 rings (SSSR count). The van der Waals surface area contributed by atoms with Gasteiger partial charge in [-0.25, -0.2) is 13.2 Å². The first-order valence-corrected chi connectivity index (χ1v) is 12.4. The lowest BCUT2D eigenvalue weighted by atomic mass is 10.2. The van der Waals surface area contributed by atoms with Crippen LogP contribution in [0.3, 0.4) is 0 Å². The van der Waals surface area contributed by atoms with Gasteiger partial charge in [-0.3, -0.25) is 9.10 Å². The summed E-state index contributed by atoms with van der Waals surface area (Å²) in [6.45, 7) is 3.02. The quantitative estimate of drug-likeness (QED) is 0.406. The number of anilines is 2. The maximum absolute atomic E-state index is 13.5. The van der Waals surface area contributed by atoms with E-state index in [1.807, 2.05) is 0 Å². The number of nitrogens with one attached hydrogen (secondary N) is 1. The van der Waals surface area contributed by atoms with Crippen molar-refractivity contribution in [1.82, 2.24) is 0 Å². The van der Waals surface area contributed by atoms with Crippen LogP contribution >= 0.6 is 23.2 Å². The van der Waals surface area contributed by atoms with Crippen LogP contribution in [0.15, 0.2) is 71.6 Å². The van der Waals surface area contributed by atoms with E-state index in [0.29, 0.717) is 16.3 Å². The van der Waals surface area contributed by atoms with Gasteiger partial charge in [0.2, 0.25) is 5.91 Å². The molecule has 0 radical (unpaired) electrons. The number of hydrogen-bond donors (Lipinski definition) is 1. The number of amides is 1. The van der Waals surface area contributed by atoms with E-state index in [2.05, 4.69) is 5.32 Å². The molecule has 10 heteroatoms. The fraction of sp³-hybridized carbons (Fsp3) is 0.167. The fourth-order valence-corrected chi connectivity index (χ4v) is 5.15. The van der Waals surface area contributed by atoms with Crippen molar-refractivity contribution < 1.29 is 22.7 Å². The summed E-state index contributed by atoms with van der Waals surface area (Å²) in [6, 6.07) is 16.9. The first-order valence-electron chi connectivity index (χ1n) is 10.2. The number of benzene rings is 3. The average molecular weight is 521 g/mol. The van der Waals surface area contributed by atoms with Crippen molar-refractivity contribution in [2.75, 3.05) is 22.8 Å². The lowest BCUT2D eigenvalue weighted by molar-refractivity contribution is -0.114. The van der Waals surface area contributed by atoms with Crippen LogP contribution in [0.25, 0.3) is 0 Å². The van der Waals surface area contributed by atoms with Crippen LogP contribution in [0, 0.1) is 6.92 Å². The van der Waals surface area contributed by atoms with E-state index in [-0.39, 0.29) is 27.8 Å². The Hall–Kier alpha value is -3.07. The molecule has 3 aromatic rings. The van der Waals surface area contributed by atoms with Gasteiger partial charge in [0, 0.05) is 10.7 Å². The van der Waals surface area contributed by atoms with Gasteiger partial charge in [0.1, 0.15) is 6.54 Å². The third kappa shape index (κ3) is 5.88. The Morgan fingerprint density at radius 1 is 1.00 bits per heavy atom. The molecule has 0 aliphatic carbocycles. The molecule has 0 heterocycles. The van der Waals surface area contributed by atoms with Gasteiger partial charge in [-0.1, -0.05) is 41.4 Å². The second-order valence-electron chi connectivity index (χ2n) is 7.22. The van der Waals surface area contributed by atoms with Crippen molar-refractivity contribution in [3.63, 3.8) is 0 Å². The molecule has 0 bridgehead atoms. The maximum atomic E-state index is 13.5. The van der Waals surface area contributed by atoms with Gasteiger partial charge in [-0.15, -0.1) is 0 Å². The number of rotatable bonds is 8. The summed E-state index contributed by atoms with van der Waals surface area (Å²) < 4.78 is 32.9. The predicted molar refractivity (Wildman–Crippen MR) is 133 cm³/mol. The van der Waals surface area contributed by atoms with E-state index in [1.165, 1.54) is 30.3 Å². The molecule has 0 atom stereocenters. The van der Waals surface area contributed by atoms with Gasteiger partial charge in [0.15, 0.2) is 0 Å². The summed E-state index contributed by atoms with van der Waals surface area (Å²) in [4.78, 5) is 25.1. The Labute approximate surface area is 208 Å². The minimum atomic E-state index is -4.08. The summed E-state index contributed by atoms with van der Waals surface area (Å²) in [5.74, 6) is -1.25. The number of halogens is 2. The van der Waals surface area contributed by atoms with Crippen LogP contribution in [0.2, 0.25) is 10.0 Å². The third-order valence-electron chi connectivity index (χ3n) is 4.79. The van der Waals surface area contributed by atoms with Crippen LogP contribution in [-0.2, 0) is 19.6 Å². The summed E-state index contributed by atoms with van der Waals surface area (Å²) in [6.07, 6.45) is 0. The molecule has 34 heavy (non-hydrogen) atoms. The Morgan fingerprint density at radius 2 is 1.71 bits per heavy atom. The van der Waals surface area contributed by atoms with Gasteiger partial charge in [0.05, 0.1) is 27.8 Å². The van der Waals surface area contributed by atoms with Gasteiger partial charge >= 0.3 is 5.97 Å². The van der Waals surface area contributed by atoms with E-state index in [4.69, 9.17) is 27.9 Å². The second-order valence-corrected chi connectivity index (χ2v) is 9.92. The Bertz CT molecular complexity index is 1310. The largest absolute Gasteiger partial charge is 0.462 e. The number of sulfonamides is 1. The van der Waals surface area contributed by atoms with E-state index in [9.17, 15) is 18.0 Å². The number of esters is 1. The van der Waals surface area contributed by atoms with Crippen LogP contribution in [0.5, 0.6) is 0 Å². The van der Waals surface area contributed by atoms with Crippen LogP contribution in [0.1, 0.15) is 22.8 Å². The monoisotopic (exact) mass is 520 g/mol. The fourth-order valence-electron chi connectivity index (χ4n) is 3.22. The molecule has 0 fully saturated rings. The first-order chi connectivity index (χ1) is 16.1. The van der Waals surface area contributed by atoms with Crippen molar-refractivity contribution in [3.8, 4) is 0 Å². The summed E-state index contributed by atoms with van der Waals surface area (Å²) >= 11 is 12.1. The number of aryl methyl sites for hydroxylation is 1. The van der Waals surface area contributed by atoms with Gasteiger partial charge in [0.25, 0.3) is 10.0 Å². The standard InChI is InChI=1S/C24H22Cl2N2O5S/c1-3-33-24(30)20-14-18(10-11-21(20)26)27-23(29)15-28(22-12-9-17(25)13-16(22)2)34(31,32)19-7-5-4-6-8-19/h4-14H,3,15H2,1-2H3,(H,27,29). The highest BCUT2D eigenvalue weighted by atomic mass is 35.5. The number of carbonyl (C=O) groups excluding carboxylic acids is 2. The van der Waals surface area contributed by atoms with Crippen molar-refractivity contribution in [1.29, 1.82) is 0 Å². The van der Waals surface area contributed by atoms with E-state index >= 15 is 0 Å². The molecule has 178 valence electrons. The van der Waals surface area contributed by atoms with Crippen LogP contribution in [0.4, 0.5) is 11.4 Å². The highest BCUT2D eigenvalue weighted by Gasteiger charge is 2.28. The molecule has 0 saturated carbocycles. The minimum absolute atomic E-state index is 0.0354. The predicted octanol–water partition coefficient (Wildman–Crippen LogP) is 5.31. The summed E-state index contributed by atoms with van der Waals surface area (Å²) in [5, 5.41) is 3.23. The summed E-state index contributed by atoms with van der Waals surface area (Å²) in [5.41, 5.74) is 1.24. The Morgan fingerprint density at radius 3 is 2.35 bits per heavy atom. The molecule has 1 amide bonds. The zero-order valence-electron chi connectivity index (χ0n) is 18.4. The smallest absolute Gasteiger partial charge is 0.339 e. The van der Waals surface area contributed by atoms with Crippen molar-refractivity contribution in [3.05, 3.63) is 87.9 Å². The average Bonchev–Trinajstić information content (AvgIpc) is 2.80. The lowest BCUT2D eigenvalue weighted by Crippen LogP contribution is -2.38. The molecule has 0 aliphatic rings. The minimum Gasteiger partial charge on any atom is -0.462 e. The van der Waals surface area contributed by atoms with Crippen molar-refractivity contribution in [2.24, 2.45) is 0 Å². The zero-order chi connectivity index (χ0) is 24.9. The van der Waals surface area contributed by atoms with Gasteiger partial charge in [-0.05, 0) is 67.9 Å². The van der Waals surface area contributed by atoms with Crippen molar-refractivity contribution >= 4 is 56.5 Å². The highest BCUT2D eigenvalue weighted by molar-refractivity contribution is 7.92. The summed E-state index contributed by atoms with van der Waals surface area (Å²) in [7, 11) is -4.08. The van der Waals surface area contributed by atoms with Crippen LogP contribution < -0.4 is 9.62 Å². The molecule has 0 spiro atoms. The second kappa shape index (κ2) is 10.9. The Balaban J connectivity index is 1.94. The van der Waals surface area contributed by atoms with Gasteiger partial charge in [-0.2, -0.15) is 0 Å². The molecule has 1 N–H and O–H groups in total. The van der Waals surface area contributed by atoms with E-state index in [1.54, 1.807) is 50.2 Å². The molecule has 3 aromatic carbocycles. The normalized spacial score (nSPS) is 11.1. The number of hydrogen-bond acceptors (Lipinski definition) is 5. The van der Waals surface area contributed by atoms with E-state index in [0.717, 1.165) is 4.31 Å². The number of ether oxygens (including phenoxy) is 1. The van der Waals surface area contributed by atoms with Crippen molar-refractivity contribution in [2.45, 2.75) is 18.7 Å². The van der Waals surface area contributed by atoms with Crippen LogP contribution in [-0.4, -0.2) is 33.4 Å². The molecule has 0 aromatic heterocycles.